The van der Waals surface area contributed by atoms with Gasteiger partial charge in [-0.3, -0.25) is 0 Å². The Morgan fingerprint density at radius 1 is 1.50 bits per heavy atom. The maximum absolute atomic E-state index is 9.53. The number of hydrogen-bond acceptors (Lipinski definition) is 3. The van der Waals surface area contributed by atoms with Crippen molar-refractivity contribution in [1.82, 2.24) is 0 Å². The van der Waals surface area contributed by atoms with Gasteiger partial charge in [0, 0.05) is 21.7 Å². The molecule has 0 saturated heterocycles. The van der Waals surface area contributed by atoms with E-state index >= 15 is 0 Å². The number of hydrogen-bond donors (Lipinski definition) is 2. The van der Waals surface area contributed by atoms with Crippen LogP contribution in [0.15, 0.2) is 0 Å². The molecule has 0 aliphatic heterocycles. The van der Waals surface area contributed by atoms with E-state index in [0.717, 1.165) is 0 Å². The molecule has 0 aliphatic carbocycles. The maximum atomic E-state index is 9.53. The van der Waals surface area contributed by atoms with Gasteiger partial charge < -0.3 is 0 Å². The van der Waals surface area contributed by atoms with E-state index < -0.39 is 24.4 Å². The van der Waals surface area contributed by atoms with Crippen molar-refractivity contribution in [3.63, 3.8) is 0 Å². The second-order valence-electron chi connectivity index (χ2n) is 0.647. The van der Waals surface area contributed by atoms with E-state index in [9.17, 15) is 8.24 Å². The molecule has 2 N–H and O–H groups in total. The van der Waals surface area contributed by atoms with Crippen molar-refractivity contribution in [2.45, 2.75) is 0 Å². The zero-order valence-electron chi connectivity index (χ0n) is 3.51. The van der Waals surface area contributed by atoms with Crippen LogP contribution in [0.5, 0.6) is 0 Å². The molecule has 0 saturated carbocycles. The average Bonchev–Trinajstić information content (AvgIpc) is 1.30. The van der Waals surface area contributed by atoms with Crippen LogP contribution in [0.25, 0.3) is 0 Å². The van der Waals surface area contributed by atoms with Crippen molar-refractivity contribution >= 4 is 7.82 Å². The molecule has 0 aromatic heterocycles. The summed E-state index contributed by atoms with van der Waals surface area (Å²) in [6.07, 6.45) is 0. The molecule has 0 fully saturated rings. The van der Waals surface area contributed by atoms with E-state index in [1.54, 1.807) is 0 Å². The van der Waals surface area contributed by atoms with Crippen molar-refractivity contribution in [2.24, 2.45) is 0 Å². The van der Waals surface area contributed by atoms with E-state index in [1.165, 1.54) is 0 Å². The van der Waals surface area contributed by atoms with Crippen LogP contribution in [0.4, 0.5) is 0 Å². The topological polar surface area (TPSA) is 83.8 Å². The zero-order valence-corrected chi connectivity index (χ0v) is 7.37. The van der Waals surface area contributed by atoms with Gasteiger partial charge in [-0.15, -0.1) is 0 Å². The quantitative estimate of drug-likeness (QED) is 0.473. The Balaban J connectivity index is 0. The number of rotatable bonds is 2. The molecule has 5 nitrogen and oxygen atoms in total. The molecule has 0 radical (unpaired) electrons. The van der Waals surface area contributed by atoms with E-state index in [4.69, 9.17) is 9.79 Å². The molecule has 0 rings (SSSR count). The smallest absolute Gasteiger partial charge is 0 e. The minimum absolute atomic E-state index is 0. The first kappa shape index (κ1) is 11.9. The van der Waals surface area contributed by atoms with Gasteiger partial charge in [-0.1, -0.05) is 0 Å². The van der Waals surface area contributed by atoms with Crippen LogP contribution in [-0.2, 0) is 50.0 Å². The third kappa shape index (κ3) is 10.2. The molecule has 0 heterocycles. The van der Waals surface area contributed by atoms with Crippen LogP contribution in [0.3, 0.4) is 0 Å². The van der Waals surface area contributed by atoms with Gasteiger partial charge in [0.25, 0.3) is 0 Å². The second kappa shape index (κ2) is 5.03. The second-order valence-corrected chi connectivity index (χ2v) is 2.79. The van der Waals surface area contributed by atoms with Crippen LogP contribution in [0.2, 0.25) is 0 Å². The van der Waals surface area contributed by atoms with E-state index in [-0.39, 0.29) is 21.7 Å². The van der Waals surface area contributed by atoms with Gasteiger partial charge in [-0.2, -0.15) is 0 Å². The summed E-state index contributed by atoms with van der Waals surface area (Å²) < 4.78 is 22.3. The molecule has 46 valence electrons. The first-order valence-electron chi connectivity index (χ1n) is 1.13. The van der Waals surface area contributed by atoms with Crippen LogP contribution < -0.4 is 0 Å². The Morgan fingerprint density at radius 2 is 1.88 bits per heavy atom. The fraction of sp³-hybridized carbons (Fsp3) is 0. The molecule has 8 heteroatoms. The minimum Gasteiger partial charge on any atom is 0 e. The summed E-state index contributed by atoms with van der Waals surface area (Å²) in [7, 11) is -4.44. The van der Waals surface area contributed by atoms with Gasteiger partial charge >= 0.3 is 45.9 Å². The molecular formula is H2O5PTiV. The fourth-order valence-corrected chi connectivity index (χ4v) is 0.537. The van der Waals surface area contributed by atoms with Gasteiger partial charge in [-0.25, -0.2) is 0 Å². The first-order valence-corrected chi connectivity index (χ1v) is 3.80. The van der Waals surface area contributed by atoms with Crippen molar-refractivity contribution < 1.29 is 59.8 Å². The van der Waals surface area contributed by atoms with Gasteiger partial charge in [0.15, 0.2) is 0 Å². The molecule has 0 bridgehead atoms. The van der Waals surface area contributed by atoms with Crippen LogP contribution in [-0.4, -0.2) is 9.79 Å². The Hall–Kier alpha value is 1.21. The van der Waals surface area contributed by atoms with Gasteiger partial charge in [-0.05, 0) is 0 Å². The van der Waals surface area contributed by atoms with E-state index in [0.29, 0.717) is 0 Å². The predicted molar refractivity (Wildman–Crippen MR) is 13.8 cm³/mol. The van der Waals surface area contributed by atoms with E-state index in [1.807, 2.05) is 0 Å². The molecule has 0 spiro atoms. The summed E-state index contributed by atoms with van der Waals surface area (Å²) in [5.74, 6) is 0. The molecular weight excluding hydrogens is 210 g/mol. The Morgan fingerprint density at radius 3 is 1.88 bits per heavy atom. The largest absolute Gasteiger partial charge is 0 e. The Labute approximate surface area is 67.6 Å². The van der Waals surface area contributed by atoms with Crippen LogP contribution in [0, 0.1) is 0 Å². The third-order valence-corrected chi connectivity index (χ3v) is 1.73. The normalized spacial score (nSPS) is 9.75. The summed E-state index contributed by atoms with van der Waals surface area (Å²) in [6, 6.07) is 0. The predicted octanol–water partition coefficient (Wildman–Crippen LogP) is -0.564. The maximum Gasteiger partial charge on any atom is 0 e. The average molecular weight is 212 g/mol. The summed E-state index contributed by atoms with van der Waals surface area (Å²) in [5.41, 5.74) is 0. The molecule has 0 aromatic carbocycles. The van der Waals surface area contributed by atoms with Crippen molar-refractivity contribution in [1.29, 1.82) is 0 Å². The fourth-order valence-electron chi connectivity index (χ4n) is 0.0434. The summed E-state index contributed by atoms with van der Waals surface area (Å²) >= 11 is -1.88. The summed E-state index contributed by atoms with van der Waals surface area (Å²) in [6.45, 7) is 0. The van der Waals surface area contributed by atoms with Crippen molar-refractivity contribution in [2.75, 3.05) is 0 Å². The van der Waals surface area contributed by atoms with Gasteiger partial charge in [0.05, 0.1) is 0 Å². The standard InChI is InChI=1S/H3O4P.O.Ti.V/c1-5(2,3)4;;;/h(H3,1,2,3,4);;;/q;;;+1/p-1. The molecule has 0 atom stereocenters. The monoisotopic (exact) mass is 212 g/mol. The molecule has 0 aromatic rings. The first-order chi connectivity index (χ1) is 3.06. The summed E-state index contributed by atoms with van der Waals surface area (Å²) in [4.78, 5) is 15.5. The SMILES string of the molecule is [O]=[V][O]P(=O)(O)O.[Ti]. The molecule has 0 amide bonds. The Kier molecular flexibility index (Phi) is 7.51. The minimum atomic E-state index is -4.44. The Bertz CT molecular complexity index is 105. The van der Waals surface area contributed by atoms with Crippen molar-refractivity contribution in [3.05, 3.63) is 0 Å². The van der Waals surface area contributed by atoms with Crippen LogP contribution >= 0.6 is 7.82 Å². The molecule has 0 aliphatic rings. The molecule has 8 heavy (non-hydrogen) atoms. The number of phosphoric acid groups is 1. The zero-order chi connectivity index (χ0) is 5.91. The van der Waals surface area contributed by atoms with Gasteiger partial charge in [0.2, 0.25) is 0 Å². The molecule has 0 unspecified atom stereocenters. The van der Waals surface area contributed by atoms with Crippen molar-refractivity contribution in [3.8, 4) is 0 Å². The summed E-state index contributed by atoms with van der Waals surface area (Å²) in [5, 5.41) is 0. The van der Waals surface area contributed by atoms with Gasteiger partial charge in [0.1, 0.15) is 0 Å². The third-order valence-electron chi connectivity index (χ3n) is 0.140. The van der Waals surface area contributed by atoms with Crippen LogP contribution in [0.1, 0.15) is 0 Å². The van der Waals surface area contributed by atoms with E-state index in [2.05, 4.69) is 3.45 Å².